The second-order valence-corrected chi connectivity index (χ2v) is 5.48. The zero-order valence-corrected chi connectivity index (χ0v) is 13.7. The molecule has 1 fully saturated rings. The van der Waals surface area contributed by atoms with E-state index in [2.05, 4.69) is 17.3 Å². The van der Waals surface area contributed by atoms with Gasteiger partial charge in [-0.25, -0.2) is 0 Å². The van der Waals surface area contributed by atoms with Gasteiger partial charge in [-0.15, -0.1) is 0 Å². The van der Waals surface area contributed by atoms with Gasteiger partial charge in [-0.2, -0.15) is 0 Å². The minimum atomic E-state index is -0.132. The summed E-state index contributed by atoms with van der Waals surface area (Å²) in [5.41, 5.74) is 0.492. The molecule has 0 radical (unpaired) electrons. The van der Waals surface area contributed by atoms with E-state index in [-0.39, 0.29) is 5.91 Å². The summed E-state index contributed by atoms with van der Waals surface area (Å²) in [5.74, 6) is 1.02. The molecule has 0 bridgehead atoms. The molecule has 1 aromatic carbocycles. The van der Waals surface area contributed by atoms with E-state index in [4.69, 9.17) is 9.47 Å². The molecule has 0 spiro atoms. The number of likely N-dealkylation sites (N-methyl/N-ethyl adjacent to an activating group) is 1. The fourth-order valence-corrected chi connectivity index (χ4v) is 2.82. The van der Waals surface area contributed by atoms with Crippen LogP contribution in [0.4, 0.5) is 0 Å². The minimum absolute atomic E-state index is 0.132. The first-order valence-electron chi connectivity index (χ1n) is 8.04. The Balaban J connectivity index is 2.12. The molecule has 5 nitrogen and oxygen atoms in total. The molecule has 1 amide bonds. The van der Waals surface area contributed by atoms with Gasteiger partial charge in [0.25, 0.3) is 5.91 Å². The zero-order chi connectivity index (χ0) is 15.9. The number of hydrogen-bond donors (Lipinski definition) is 1. The predicted octanol–water partition coefficient (Wildman–Crippen LogP) is 2.31. The second kappa shape index (κ2) is 8.03. The Kier molecular flexibility index (Phi) is 6.07. The minimum Gasteiger partial charge on any atom is -0.493 e. The monoisotopic (exact) mass is 306 g/mol. The highest BCUT2D eigenvalue weighted by Crippen LogP contribution is 2.28. The van der Waals surface area contributed by atoms with E-state index in [0.717, 1.165) is 13.0 Å². The second-order valence-electron chi connectivity index (χ2n) is 5.48. The number of nitrogens with one attached hydrogen (secondary N) is 1. The number of carbonyl (C=O) groups is 1. The Morgan fingerprint density at radius 2 is 1.91 bits per heavy atom. The maximum absolute atomic E-state index is 12.6. The Labute approximate surface area is 132 Å². The lowest BCUT2D eigenvalue weighted by atomic mass is 10.1. The van der Waals surface area contributed by atoms with E-state index in [1.54, 1.807) is 0 Å². The molecule has 1 heterocycles. The number of hydrogen-bond acceptors (Lipinski definition) is 4. The molecule has 122 valence electrons. The first-order chi connectivity index (χ1) is 10.7. The van der Waals surface area contributed by atoms with Crippen molar-refractivity contribution in [3.63, 3.8) is 0 Å². The van der Waals surface area contributed by atoms with E-state index in [1.807, 2.05) is 32.0 Å². The smallest absolute Gasteiger partial charge is 0.258 e. The lowest BCUT2D eigenvalue weighted by Crippen LogP contribution is -2.38. The van der Waals surface area contributed by atoms with Gasteiger partial charge in [0.05, 0.1) is 13.2 Å². The Hall–Kier alpha value is -1.75. The van der Waals surface area contributed by atoms with Gasteiger partial charge in [0.2, 0.25) is 0 Å². The third kappa shape index (κ3) is 3.91. The van der Waals surface area contributed by atoms with Crippen LogP contribution in [-0.2, 0) is 0 Å². The average Bonchev–Trinajstić information content (AvgIpc) is 2.91. The Morgan fingerprint density at radius 1 is 1.27 bits per heavy atom. The van der Waals surface area contributed by atoms with Crippen LogP contribution >= 0.6 is 0 Å². The van der Waals surface area contributed by atoms with E-state index in [9.17, 15) is 4.79 Å². The molecule has 1 atom stereocenters. The summed E-state index contributed by atoms with van der Waals surface area (Å²) in [6, 6.07) is 5.88. The van der Waals surface area contributed by atoms with Crippen molar-refractivity contribution in [2.24, 2.45) is 0 Å². The molecule has 2 rings (SSSR count). The van der Waals surface area contributed by atoms with E-state index in [0.29, 0.717) is 42.9 Å². The third-order valence-corrected chi connectivity index (χ3v) is 3.98. The highest BCUT2D eigenvalue weighted by molar-refractivity contribution is 5.99. The SMILES string of the molecule is CCOc1cccc(OCC)c1C(=O)NCC1CCCN1C. The number of benzene rings is 1. The van der Waals surface area contributed by atoms with Crippen molar-refractivity contribution in [3.05, 3.63) is 23.8 Å². The molecule has 5 heteroatoms. The fourth-order valence-electron chi connectivity index (χ4n) is 2.82. The van der Waals surface area contributed by atoms with Crippen molar-refractivity contribution in [1.82, 2.24) is 10.2 Å². The van der Waals surface area contributed by atoms with Crippen LogP contribution in [0, 0.1) is 0 Å². The number of nitrogens with zero attached hydrogens (tertiary/aromatic N) is 1. The van der Waals surface area contributed by atoms with Crippen LogP contribution in [0.5, 0.6) is 11.5 Å². The van der Waals surface area contributed by atoms with Gasteiger partial charge in [0.15, 0.2) is 0 Å². The lowest BCUT2D eigenvalue weighted by Gasteiger charge is -2.20. The summed E-state index contributed by atoms with van der Waals surface area (Å²) >= 11 is 0. The van der Waals surface area contributed by atoms with Gasteiger partial charge in [0.1, 0.15) is 17.1 Å². The lowest BCUT2D eigenvalue weighted by molar-refractivity contribution is 0.0935. The highest BCUT2D eigenvalue weighted by Gasteiger charge is 2.23. The highest BCUT2D eigenvalue weighted by atomic mass is 16.5. The molecular weight excluding hydrogens is 280 g/mol. The largest absolute Gasteiger partial charge is 0.493 e. The first kappa shape index (κ1) is 16.6. The Morgan fingerprint density at radius 3 is 2.41 bits per heavy atom. The molecule has 1 N–H and O–H groups in total. The third-order valence-electron chi connectivity index (χ3n) is 3.98. The van der Waals surface area contributed by atoms with Gasteiger partial charge in [-0.05, 0) is 52.4 Å². The van der Waals surface area contributed by atoms with Crippen molar-refractivity contribution in [3.8, 4) is 11.5 Å². The number of ether oxygens (including phenoxy) is 2. The summed E-state index contributed by atoms with van der Waals surface area (Å²) < 4.78 is 11.2. The molecule has 1 aliphatic rings. The van der Waals surface area contributed by atoms with Crippen molar-refractivity contribution >= 4 is 5.91 Å². The topological polar surface area (TPSA) is 50.8 Å². The van der Waals surface area contributed by atoms with Crippen molar-refractivity contribution in [2.45, 2.75) is 32.7 Å². The fraction of sp³-hybridized carbons (Fsp3) is 0.588. The van der Waals surface area contributed by atoms with Crippen LogP contribution in [0.2, 0.25) is 0 Å². The van der Waals surface area contributed by atoms with E-state index in [1.165, 1.54) is 6.42 Å². The molecule has 1 aromatic rings. The van der Waals surface area contributed by atoms with Gasteiger partial charge >= 0.3 is 0 Å². The summed E-state index contributed by atoms with van der Waals surface area (Å²) in [6.45, 7) is 6.59. The molecule has 0 aromatic heterocycles. The van der Waals surface area contributed by atoms with Crippen molar-refractivity contribution in [2.75, 3.05) is 33.4 Å². The number of amides is 1. The van der Waals surface area contributed by atoms with Crippen LogP contribution in [0.25, 0.3) is 0 Å². The van der Waals surface area contributed by atoms with Gasteiger partial charge in [-0.1, -0.05) is 6.07 Å². The normalized spacial score (nSPS) is 18.2. The molecule has 1 unspecified atom stereocenters. The van der Waals surface area contributed by atoms with Crippen LogP contribution in [-0.4, -0.2) is 50.2 Å². The summed E-state index contributed by atoms with van der Waals surface area (Å²) in [7, 11) is 2.10. The summed E-state index contributed by atoms with van der Waals surface area (Å²) in [5, 5.41) is 3.03. The molecule has 0 saturated carbocycles. The van der Waals surface area contributed by atoms with Gasteiger partial charge < -0.3 is 19.7 Å². The first-order valence-corrected chi connectivity index (χ1v) is 8.04. The maximum Gasteiger partial charge on any atom is 0.258 e. The maximum atomic E-state index is 12.6. The number of rotatable bonds is 7. The quantitative estimate of drug-likeness (QED) is 0.840. The molecule has 1 saturated heterocycles. The molecule has 1 aliphatic heterocycles. The summed E-state index contributed by atoms with van der Waals surface area (Å²) in [6.07, 6.45) is 2.32. The van der Waals surface area contributed by atoms with Crippen LogP contribution < -0.4 is 14.8 Å². The van der Waals surface area contributed by atoms with Gasteiger partial charge in [0, 0.05) is 12.6 Å². The van der Waals surface area contributed by atoms with Crippen molar-refractivity contribution in [1.29, 1.82) is 0 Å². The standard InChI is InChI=1S/C17H26N2O3/c1-4-21-14-9-6-10-15(22-5-2)16(14)17(20)18-12-13-8-7-11-19(13)3/h6,9-10,13H,4-5,7-8,11-12H2,1-3H3,(H,18,20). The van der Waals surface area contributed by atoms with Crippen LogP contribution in [0.3, 0.4) is 0 Å². The zero-order valence-electron chi connectivity index (χ0n) is 13.7. The predicted molar refractivity (Wildman–Crippen MR) is 86.8 cm³/mol. The molecule has 0 aliphatic carbocycles. The number of likely N-dealkylation sites (tertiary alicyclic amines) is 1. The van der Waals surface area contributed by atoms with E-state index < -0.39 is 0 Å². The molecule has 22 heavy (non-hydrogen) atoms. The Bertz CT molecular complexity index is 480. The van der Waals surface area contributed by atoms with Crippen molar-refractivity contribution < 1.29 is 14.3 Å². The average molecular weight is 306 g/mol. The van der Waals surface area contributed by atoms with Crippen LogP contribution in [0.15, 0.2) is 18.2 Å². The van der Waals surface area contributed by atoms with E-state index >= 15 is 0 Å². The molecular formula is C17H26N2O3. The number of carbonyl (C=O) groups excluding carboxylic acids is 1. The van der Waals surface area contributed by atoms with Crippen LogP contribution in [0.1, 0.15) is 37.0 Å². The summed E-state index contributed by atoms with van der Waals surface area (Å²) in [4.78, 5) is 14.9. The van der Waals surface area contributed by atoms with Gasteiger partial charge in [-0.3, -0.25) is 4.79 Å².